The molecule has 6 heteroatoms. The smallest absolute Gasteiger partial charge is 0.170 e. The molecular formula is C19H25N3O2S. The Morgan fingerprint density at radius 2 is 1.72 bits per heavy atom. The second-order valence-electron chi connectivity index (χ2n) is 5.71. The van der Waals surface area contributed by atoms with Crippen molar-refractivity contribution >= 4 is 28.7 Å². The van der Waals surface area contributed by atoms with E-state index < -0.39 is 0 Å². The average molecular weight is 359 g/mol. The number of nitrogens with zero attached hydrogens (tertiary/aromatic N) is 1. The molecule has 5 nitrogen and oxygen atoms in total. The van der Waals surface area contributed by atoms with Gasteiger partial charge in [-0.3, -0.25) is 0 Å². The summed E-state index contributed by atoms with van der Waals surface area (Å²) >= 11 is 5.35. The molecule has 0 saturated carbocycles. The quantitative estimate of drug-likeness (QED) is 0.739. The van der Waals surface area contributed by atoms with Crippen molar-refractivity contribution in [2.24, 2.45) is 0 Å². The van der Waals surface area contributed by atoms with E-state index in [2.05, 4.69) is 53.8 Å². The third kappa shape index (κ3) is 5.53. The molecule has 0 heterocycles. The van der Waals surface area contributed by atoms with Gasteiger partial charge >= 0.3 is 0 Å². The summed E-state index contributed by atoms with van der Waals surface area (Å²) < 4.78 is 10.5. The van der Waals surface area contributed by atoms with Gasteiger partial charge in [-0.25, -0.2) is 0 Å². The highest BCUT2D eigenvalue weighted by Gasteiger charge is 2.06. The van der Waals surface area contributed by atoms with Gasteiger partial charge in [0.2, 0.25) is 0 Å². The number of ether oxygens (including phenoxy) is 2. The highest BCUT2D eigenvalue weighted by atomic mass is 32.1. The highest BCUT2D eigenvalue weighted by Crippen LogP contribution is 2.29. The van der Waals surface area contributed by atoms with E-state index in [0.29, 0.717) is 16.6 Å². The number of nitrogens with one attached hydrogen (secondary N) is 2. The van der Waals surface area contributed by atoms with E-state index in [9.17, 15) is 0 Å². The molecule has 25 heavy (non-hydrogen) atoms. The highest BCUT2D eigenvalue weighted by molar-refractivity contribution is 7.80. The fraction of sp³-hybridized carbons (Fsp3) is 0.316. The maximum atomic E-state index is 5.35. The predicted molar refractivity (Wildman–Crippen MR) is 108 cm³/mol. The molecular weight excluding hydrogens is 334 g/mol. The first-order valence-corrected chi connectivity index (χ1v) is 8.49. The summed E-state index contributed by atoms with van der Waals surface area (Å²) in [7, 11) is 5.29. The molecule has 2 rings (SSSR count). The van der Waals surface area contributed by atoms with Crippen LogP contribution in [0.25, 0.3) is 0 Å². The molecule has 0 aliphatic carbocycles. The largest absolute Gasteiger partial charge is 0.493 e. The van der Waals surface area contributed by atoms with Gasteiger partial charge in [-0.15, -0.1) is 0 Å². The molecule has 0 spiro atoms. The molecule has 0 bridgehead atoms. The number of likely N-dealkylation sites (N-methyl/N-ethyl adjacent to an activating group) is 1. The van der Waals surface area contributed by atoms with Crippen LogP contribution in [0.15, 0.2) is 42.5 Å². The third-order valence-corrected chi connectivity index (χ3v) is 4.10. The van der Waals surface area contributed by atoms with Crippen molar-refractivity contribution in [3.8, 4) is 11.5 Å². The molecule has 2 aromatic rings. The van der Waals surface area contributed by atoms with Crippen LogP contribution in [0.3, 0.4) is 0 Å². The zero-order valence-corrected chi connectivity index (χ0v) is 15.9. The Balaban J connectivity index is 1.81. The van der Waals surface area contributed by atoms with Crippen molar-refractivity contribution in [2.75, 3.05) is 44.6 Å². The van der Waals surface area contributed by atoms with Crippen LogP contribution in [0.2, 0.25) is 0 Å². The Morgan fingerprint density at radius 3 is 2.36 bits per heavy atom. The molecule has 0 amide bonds. The van der Waals surface area contributed by atoms with Crippen molar-refractivity contribution in [3.63, 3.8) is 0 Å². The van der Waals surface area contributed by atoms with E-state index in [-0.39, 0.29) is 0 Å². The molecule has 134 valence electrons. The lowest BCUT2D eigenvalue weighted by Gasteiger charge is -2.20. The first kappa shape index (κ1) is 18.9. The minimum absolute atomic E-state index is 0.574. The van der Waals surface area contributed by atoms with Crippen molar-refractivity contribution in [3.05, 3.63) is 48.0 Å². The lowest BCUT2D eigenvalue weighted by atomic mass is 10.2. The standard InChI is InChI=1S/C19H25N3O2S/c1-14-5-8-16(9-6-14)22(2)12-11-20-19(25)21-15-7-10-17(23-3)18(13-15)24-4/h5-10,13H,11-12H2,1-4H3,(H2,20,21,25). The van der Waals surface area contributed by atoms with Gasteiger partial charge in [-0.05, 0) is 43.4 Å². The van der Waals surface area contributed by atoms with E-state index in [4.69, 9.17) is 21.7 Å². The van der Waals surface area contributed by atoms with Crippen LogP contribution in [-0.4, -0.2) is 39.5 Å². The Labute approximate surface area is 154 Å². The molecule has 0 atom stereocenters. The third-order valence-electron chi connectivity index (χ3n) is 3.85. The SMILES string of the molecule is COc1ccc(NC(=S)NCCN(C)c2ccc(C)cc2)cc1OC. The molecule has 0 saturated heterocycles. The first-order valence-electron chi connectivity index (χ1n) is 8.08. The monoisotopic (exact) mass is 359 g/mol. The second-order valence-corrected chi connectivity index (χ2v) is 6.12. The van der Waals surface area contributed by atoms with Crippen LogP contribution >= 0.6 is 12.2 Å². The molecule has 0 unspecified atom stereocenters. The van der Waals surface area contributed by atoms with Crippen molar-refractivity contribution in [1.29, 1.82) is 0 Å². The summed E-state index contributed by atoms with van der Waals surface area (Å²) in [5, 5.41) is 6.94. The zero-order valence-electron chi connectivity index (χ0n) is 15.1. The van der Waals surface area contributed by atoms with E-state index in [1.165, 1.54) is 11.3 Å². The van der Waals surface area contributed by atoms with Gasteiger partial charge in [0.05, 0.1) is 14.2 Å². The van der Waals surface area contributed by atoms with E-state index in [1.54, 1.807) is 14.2 Å². The number of benzene rings is 2. The molecule has 0 radical (unpaired) electrons. The molecule has 0 aliphatic heterocycles. The van der Waals surface area contributed by atoms with E-state index in [1.807, 2.05) is 18.2 Å². The lowest BCUT2D eigenvalue weighted by Crippen LogP contribution is -2.35. The van der Waals surface area contributed by atoms with Crippen LogP contribution in [0.1, 0.15) is 5.56 Å². The Hall–Kier alpha value is -2.47. The minimum atomic E-state index is 0.574. The van der Waals surface area contributed by atoms with Gasteiger partial charge in [0.1, 0.15) is 0 Å². The van der Waals surface area contributed by atoms with Crippen LogP contribution in [0, 0.1) is 6.92 Å². The van der Waals surface area contributed by atoms with Gasteiger partial charge in [0.15, 0.2) is 16.6 Å². The number of methoxy groups -OCH3 is 2. The van der Waals surface area contributed by atoms with Gasteiger partial charge in [0.25, 0.3) is 0 Å². The normalized spacial score (nSPS) is 10.1. The Bertz CT molecular complexity index is 704. The van der Waals surface area contributed by atoms with Crippen molar-refractivity contribution < 1.29 is 9.47 Å². The molecule has 0 aromatic heterocycles. The fourth-order valence-corrected chi connectivity index (χ4v) is 2.57. The van der Waals surface area contributed by atoms with Crippen LogP contribution in [-0.2, 0) is 0 Å². The number of hydrogen-bond donors (Lipinski definition) is 2. The van der Waals surface area contributed by atoms with Gasteiger partial charge < -0.3 is 25.0 Å². The second kappa shape index (κ2) is 9.13. The van der Waals surface area contributed by atoms with E-state index in [0.717, 1.165) is 18.8 Å². The van der Waals surface area contributed by atoms with Crippen LogP contribution < -0.4 is 25.0 Å². The first-order chi connectivity index (χ1) is 12.0. The Kier molecular flexibility index (Phi) is 6.89. The Morgan fingerprint density at radius 1 is 1.04 bits per heavy atom. The number of aryl methyl sites for hydroxylation is 1. The van der Waals surface area contributed by atoms with E-state index >= 15 is 0 Å². The maximum Gasteiger partial charge on any atom is 0.170 e. The average Bonchev–Trinajstić information content (AvgIpc) is 2.62. The summed E-state index contributed by atoms with van der Waals surface area (Å²) in [6.07, 6.45) is 0. The van der Waals surface area contributed by atoms with Crippen molar-refractivity contribution in [2.45, 2.75) is 6.92 Å². The summed E-state index contributed by atoms with van der Waals surface area (Å²) in [5.41, 5.74) is 3.30. The lowest BCUT2D eigenvalue weighted by molar-refractivity contribution is 0.355. The molecule has 2 N–H and O–H groups in total. The predicted octanol–water partition coefficient (Wildman–Crippen LogP) is 3.44. The van der Waals surface area contributed by atoms with Crippen molar-refractivity contribution in [1.82, 2.24) is 5.32 Å². The zero-order chi connectivity index (χ0) is 18.2. The van der Waals surface area contributed by atoms with Gasteiger partial charge in [-0.2, -0.15) is 0 Å². The van der Waals surface area contributed by atoms with Crippen LogP contribution in [0.4, 0.5) is 11.4 Å². The number of thiocarbonyl (C=S) groups is 1. The number of rotatable bonds is 7. The molecule has 0 fully saturated rings. The summed E-state index contributed by atoms with van der Waals surface area (Å²) in [6.45, 7) is 3.67. The molecule has 2 aromatic carbocycles. The molecule has 0 aliphatic rings. The number of anilines is 2. The topological polar surface area (TPSA) is 45.8 Å². The number of hydrogen-bond acceptors (Lipinski definition) is 4. The summed E-state index contributed by atoms with van der Waals surface area (Å²) in [6, 6.07) is 14.1. The maximum absolute atomic E-state index is 5.35. The van der Waals surface area contributed by atoms with Gasteiger partial charge in [-0.1, -0.05) is 17.7 Å². The van der Waals surface area contributed by atoms with Gasteiger partial charge in [0, 0.05) is 37.6 Å². The fourth-order valence-electron chi connectivity index (χ4n) is 2.35. The summed E-state index contributed by atoms with van der Waals surface area (Å²) in [5.74, 6) is 1.35. The van der Waals surface area contributed by atoms with Crippen LogP contribution in [0.5, 0.6) is 11.5 Å². The summed E-state index contributed by atoms with van der Waals surface area (Å²) in [4.78, 5) is 2.19. The minimum Gasteiger partial charge on any atom is -0.493 e.